The van der Waals surface area contributed by atoms with Gasteiger partial charge in [0.15, 0.2) is 29.7 Å². The number of hydrogen-bond acceptors (Lipinski definition) is 17. The third-order valence-corrected chi connectivity index (χ3v) is 8.73. The van der Waals surface area contributed by atoms with Crippen LogP contribution in [0.1, 0.15) is 12.5 Å². The van der Waals surface area contributed by atoms with E-state index in [9.17, 15) is 55.5 Å². The summed E-state index contributed by atoms with van der Waals surface area (Å²) >= 11 is 0. The number of carbonyl (C=O) groups excluding carboxylic acids is 1. The molecule has 0 bridgehead atoms. The maximum absolute atomic E-state index is 13.9. The summed E-state index contributed by atoms with van der Waals surface area (Å²) in [6.07, 6.45) is -14.8. The van der Waals surface area contributed by atoms with Crippen molar-refractivity contribution in [2.75, 3.05) is 6.61 Å². The highest BCUT2D eigenvalue weighted by Crippen LogP contribution is 2.40. The zero-order chi connectivity index (χ0) is 38.1. The van der Waals surface area contributed by atoms with Crippen molar-refractivity contribution in [2.45, 2.75) is 68.3 Å². The summed E-state index contributed by atoms with van der Waals surface area (Å²) in [5.74, 6) is -4.21. The molecule has 282 valence electrons. The summed E-state index contributed by atoms with van der Waals surface area (Å²) in [5, 5.41) is 94.2. The third-order valence-electron chi connectivity index (χ3n) is 8.73. The second-order valence-corrected chi connectivity index (χ2v) is 12.4. The van der Waals surface area contributed by atoms with E-state index in [1.165, 1.54) is 19.1 Å². The number of esters is 1. The zero-order valence-electron chi connectivity index (χ0n) is 27.7. The number of phenols is 4. The Morgan fingerprint density at radius 2 is 1.53 bits per heavy atom. The Morgan fingerprint density at radius 1 is 0.792 bits per heavy atom. The van der Waals surface area contributed by atoms with Gasteiger partial charge in [-0.3, -0.25) is 4.79 Å². The van der Waals surface area contributed by atoms with Crippen LogP contribution < -0.4 is 10.2 Å². The van der Waals surface area contributed by atoms with Crippen LogP contribution in [0.15, 0.2) is 76.0 Å². The van der Waals surface area contributed by atoms with Gasteiger partial charge in [0.05, 0.1) is 6.10 Å². The quantitative estimate of drug-likeness (QED) is 0.0645. The monoisotopic (exact) mass is 740 g/mol. The zero-order valence-corrected chi connectivity index (χ0v) is 27.7. The van der Waals surface area contributed by atoms with Crippen molar-refractivity contribution in [2.24, 2.45) is 0 Å². The molecule has 9 N–H and O–H groups in total. The number of aliphatic hydroxyl groups is 5. The highest BCUT2D eigenvalue weighted by molar-refractivity contribution is 5.88. The summed E-state index contributed by atoms with van der Waals surface area (Å²) in [4.78, 5) is 26.3. The lowest BCUT2D eigenvalue weighted by molar-refractivity contribution is -0.355. The molecule has 0 saturated carbocycles. The van der Waals surface area contributed by atoms with Crippen molar-refractivity contribution < 1.29 is 78.9 Å². The Balaban J connectivity index is 1.30. The first-order chi connectivity index (χ1) is 25.2. The molecule has 10 atom stereocenters. The van der Waals surface area contributed by atoms with Gasteiger partial charge in [-0.25, -0.2) is 4.79 Å². The fourth-order valence-electron chi connectivity index (χ4n) is 5.85. The number of aromatic hydroxyl groups is 4. The molecular formula is C36H36O17. The van der Waals surface area contributed by atoms with Crippen LogP contribution in [-0.4, -0.2) is 120 Å². The van der Waals surface area contributed by atoms with E-state index in [0.29, 0.717) is 5.56 Å². The van der Waals surface area contributed by atoms with Crippen LogP contribution in [0.25, 0.3) is 28.4 Å². The summed E-state index contributed by atoms with van der Waals surface area (Å²) in [6, 6.07) is 14.1. The third kappa shape index (κ3) is 7.78. The summed E-state index contributed by atoms with van der Waals surface area (Å²) < 4.78 is 34.2. The average Bonchev–Trinajstić information content (AvgIpc) is 3.13. The number of benzene rings is 3. The van der Waals surface area contributed by atoms with Gasteiger partial charge in [-0.2, -0.15) is 0 Å². The normalized spacial score (nSPS) is 28.9. The predicted octanol–water partition coefficient (Wildman–Crippen LogP) is 0.577. The average molecular weight is 741 g/mol. The van der Waals surface area contributed by atoms with Crippen molar-refractivity contribution in [3.63, 3.8) is 0 Å². The van der Waals surface area contributed by atoms with Crippen LogP contribution in [0, 0.1) is 0 Å². The summed E-state index contributed by atoms with van der Waals surface area (Å²) in [6.45, 7) is 0.742. The Hall–Kier alpha value is -5.24. The Labute approximate surface area is 299 Å². The van der Waals surface area contributed by atoms with Crippen molar-refractivity contribution >= 4 is 23.0 Å². The fourth-order valence-corrected chi connectivity index (χ4v) is 5.85. The van der Waals surface area contributed by atoms with Crippen molar-refractivity contribution in [3.8, 4) is 40.1 Å². The van der Waals surface area contributed by atoms with Gasteiger partial charge in [0.25, 0.3) is 0 Å². The molecule has 1 aromatic heterocycles. The first-order valence-electron chi connectivity index (χ1n) is 16.2. The molecule has 0 spiro atoms. The molecule has 6 rings (SSSR count). The maximum Gasteiger partial charge on any atom is 0.330 e. The minimum absolute atomic E-state index is 0.0433. The first kappa shape index (κ1) is 37.5. The highest BCUT2D eigenvalue weighted by Gasteiger charge is 2.51. The lowest BCUT2D eigenvalue weighted by Crippen LogP contribution is -2.64. The van der Waals surface area contributed by atoms with Gasteiger partial charge in [-0.15, -0.1) is 0 Å². The molecule has 53 heavy (non-hydrogen) atoms. The number of aliphatic hydroxyl groups excluding tert-OH is 5. The first-order valence-corrected chi connectivity index (χ1v) is 16.2. The molecule has 0 radical (unpaired) electrons. The Kier molecular flexibility index (Phi) is 10.9. The van der Waals surface area contributed by atoms with Gasteiger partial charge in [-0.1, -0.05) is 30.3 Å². The number of rotatable bonds is 9. The SMILES string of the molecule is C[C@@H]1O[C@@H](Oc2c(-c3ccc(O)c(O)c3)oc3cc(O)cc(O)c3c2=O)[C@H](O[C@@H]2O[C@H](COC(=O)/C=C/c3ccccc3)[C@@H](O)[C@H](O)[C@H]2O)[C@H](O)[C@H]1O. The van der Waals surface area contributed by atoms with Crippen LogP contribution in [0.5, 0.6) is 28.7 Å². The van der Waals surface area contributed by atoms with E-state index in [1.807, 2.05) is 0 Å². The van der Waals surface area contributed by atoms with Crippen molar-refractivity contribution in [3.05, 3.63) is 82.5 Å². The molecule has 0 aliphatic carbocycles. The molecule has 3 heterocycles. The number of hydrogen-bond donors (Lipinski definition) is 9. The van der Waals surface area contributed by atoms with Crippen molar-refractivity contribution in [1.29, 1.82) is 0 Å². The fraction of sp³-hybridized carbons (Fsp3) is 0.333. The van der Waals surface area contributed by atoms with Crippen LogP contribution >= 0.6 is 0 Å². The second kappa shape index (κ2) is 15.4. The molecule has 3 aromatic carbocycles. The highest BCUT2D eigenvalue weighted by atomic mass is 16.8. The minimum Gasteiger partial charge on any atom is -0.508 e. The Bertz CT molecular complexity index is 2030. The van der Waals surface area contributed by atoms with Crippen LogP contribution in [0.2, 0.25) is 0 Å². The standard InChI is InChI=1S/C36H36O17/c1-15-26(42)30(46)34(53-35-31(47)29(45)27(43)23(51-35)14-48-24(41)10-7-16-5-3-2-4-6-16)36(49-15)52-33-28(44)25-21(40)12-18(37)13-22(25)50-32(33)17-8-9-19(38)20(39)11-17/h2-13,15,23,26-27,29-31,34-40,42-43,45-47H,14H2,1H3/b10-7+/t15-,23+,26-,27+,29-,30+,31+,34+,35-,36-/m0/s1. The van der Waals surface area contributed by atoms with Gasteiger partial charge in [0.1, 0.15) is 65.7 Å². The van der Waals surface area contributed by atoms with E-state index in [1.54, 1.807) is 30.3 Å². The van der Waals surface area contributed by atoms with Gasteiger partial charge in [0.2, 0.25) is 17.5 Å². The molecule has 17 heteroatoms. The largest absolute Gasteiger partial charge is 0.508 e. The van der Waals surface area contributed by atoms with E-state index >= 15 is 0 Å². The lowest BCUT2D eigenvalue weighted by atomic mass is 9.97. The molecule has 17 nitrogen and oxygen atoms in total. The summed E-state index contributed by atoms with van der Waals surface area (Å²) in [5.41, 5.74) is -0.675. The van der Waals surface area contributed by atoms with E-state index in [4.69, 9.17) is 28.1 Å². The summed E-state index contributed by atoms with van der Waals surface area (Å²) in [7, 11) is 0. The Morgan fingerprint density at radius 3 is 2.25 bits per heavy atom. The molecular weight excluding hydrogens is 704 g/mol. The second-order valence-electron chi connectivity index (χ2n) is 12.4. The van der Waals surface area contributed by atoms with E-state index in [0.717, 1.165) is 30.3 Å². The molecule has 0 unspecified atom stereocenters. The van der Waals surface area contributed by atoms with Crippen molar-refractivity contribution in [1.82, 2.24) is 0 Å². The molecule has 2 aliphatic heterocycles. The topological polar surface area (TPSA) is 275 Å². The number of carbonyl (C=O) groups is 1. The van der Waals surface area contributed by atoms with Gasteiger partial charge in [-0.05, 0) is 36.8 Å². The van der Waals surface area contributed by atoms with Crippen LogP contribution in [0.3, 0.4) is 0 Å². The molecule has 0 amide bonds. The van der Waals surface area contributed by atoms with E-state index < -0.39 is 119 Å². The van der Waals surface area contributed by atoms with Gasteiger partial charge < -0.3 is 74.1 Å². The molecule has 2 fully saturated rings. The van der Waals surface area contributed by atoms with Gasteiger partial charge >= 0.3 is 5.97 Å². The van der Waals surface area contributed by atoms with Crippen LogP contribution in [-0.2, 0) is 23.7 Å². The molecule has 2 saturated heterocycles. The van der Waals surface area contributed by atoms with E-state index in [-0.39, 0.29) is 11.1 Å². The van der Waals surface area contributed by atoms with Crippen LogP contribution in [0.4, 0.5) is 0 Å². The van der Waals surface area contributed by atoms with Gasteiger partial charge in [0, 0.05) is 23.8 Å². The maximum atomic E-state index is 13.9. The predicted molar refractivity (Wildman–Crippen MR) is 180 cm³/mol. The smallest absolute Gasteiger partial charge is 0.330 e. The number of fused-ring (bicyclic) bond motifs is 1. The molecule has 2 aliphatic rings. The lowest BCUT2D eigenvalue weighted by Gasteiger charge is -2.45. The number of phenolic OH excluding ortho intramolecular Hbond substituents is 4. The van der Waals surface area contributed by atoms with E-state index in [2.05, 4.69) is 0 Å². The minimum atomic E-state index is -1.98. The number of ether oxygens (including phenoxy) is 5. The molecule has 4 aromatic rings.